The molecule has 0 radical (unpaired) electrons. The summed E-state index contributed by atoms with van der Waals surface area (Å²) in [6.07, 6.45) is 2.53. The van der Waals surface area contributed by atoms with E-state index in [-0.39, 0.29) is 17.8 Å². The smallest absolute Gasteiger partial charge is 0.191 e. The van der Waals surface area contributed by atoms with Gasteiger partial charge < -0.3 is 20.3 Å². The fourth-order valence-electron chi connectivity index (χ4n) is 3.50. The van der Waals surface area contributed by atoms with Crippen LogP contribution in [0.25, 0.3) is 0 Å². The van der Waals surface area contributed by atoms with Crippen LogP contribution in [-0.2, 0) is 0 Å². The number of nitrogens with zero attached hydrogens (tertiary/aromatic N) is 3. The molecule has 28 heavy (non-hydrogen) atoms. The van der Waals surface area contributed by atoms with Gasteiger partial charge in [0.1, 0.15) is 5.75 Å². The molecule has 2 heterocycles. The fraction of sp³-hybridized carbons (Fsp3) is 0.429. The first-order valence-electron chi connectivity index (χ1n) is 9.58. The van der Waals surface area contributed by atoms with E-state index >= 15 is 0 Å². The van der Waals surface area contributed by atoms with E-state index in [1.807, 2.05) is 23.1 Å². The van der Waals surface area contributed by atoms with Gasteiger partial charge in [-0.2, -0.15) is 0 Å². The Hall–Kier alpha value is -2.83. The molecule has 0 aliphatic carbocycles. The Balaban J connectivity index is 1.53. The van der Waals surface area contributed by atoms with Gasteiger partial charge in [-0.1, -0.05) is 25.1 Å². The topological polar surface area (TPSA) is 61.8 Å². The van der Waals surface area contributed by atoms with Gasteiger partial charge in [-0.15, -0.1) is 0 Å². The number of benzene rings is 1. The Morgan fingerprint density at radius 2 is 2.18 bits per heavy atom. The summed E-state index contributed by atoms with van der Waals surface area (Å²) in [4.78, 5) is 10.5. The lowest BCUT2D eigenvalue weighted by Crippen LogP contribution is -2.45. The summed E-state index contributed by atoms with van der Waals surface area (Å²) < 4.78 is 19.4. The molecule has 2 unspecified atom stereocenters. The lowest BCUT2D eigenvalue weighted by Gasteiger charge is -2.21. The minimum absolute atomic E-state index is 0.189. The molecule has 7 heteroatoms. The van der Waals surface area contributed by atoms with Crippen molar-refractivity contribution in [3.8, 4) is 5.75 Å². The van der Waals surface area contributed by atoms with E-state index in [9.17, 15) is 4.39 Å². The van der Waals surface area contributed by atoms with E-state index in [0.717, 1.165) is 36.8 Å². The maximum absolute atomic E-state index is 14.0. The number of para-hydroxylation sites is 1. The van der Waals surface area contributed by atoms with Gasteiger partial charge in [0.15, 0.2) is 17.6 Å². The highest BCUT2D eigenvalue weighted by molar-refractivity contribution is 5.80. The van der Waals surface area contributed by atoms with Crippen molar-refractivity contribution in [2.24, 2.45) is 4.99 Å². The van der Waals surface area contributed by atoms with Crippen LogP contribution in [0.15, 0.2) is 47.6 Å². The van der Waals surface area contributed by atoms with Gasteiger partial charge in [0.05, 0.1) is 7.11 Å². The number of hydrogen-bond donors (Lipinski definition) is 2. The summed E-state index contributed by atoms with van der Waals surface area (Å²) in [5, 5.41) is 6.82. The maximum atomic E-state index is 14.0. The molecular weight excluding hydrogens is 357 g/mol. The first kappa shape index (κ1) is 19.9. The second-order valence-electron chi connectivity index (χ2n) is 6.98. The SMILES string of the molecule is CN=C(NCC(C)c1ccccc1OC)NC1CCN(c2ncccc2F)C1. The van der Waals surface area contributed by atoms with E-state index < -0.39 is 0 Å². The molecule has 2 N–H and O–H groups in total. The number of halogens is 1. The number of nitrogens with one attached hydrogen (secondary N) is 2. The predicted octanol–water partition coefficient (Wildman–Crippen LogP) is 2.78. The highest BCUT2D eigenvalue weighted by atomic mass is 19.1. The van der Waals surface area contributed by atoms with Crippen molar-refractivity contribution in [2.75, 3.05) is 38.7 Å². The Morgan fingerprint density at radius 1 is 1.36 bits per heavy atom. The maximum Gasteiger partial charge on any atom is 0.191 e. The van der Waals surface area contributed by atoms with Crippen LogP contribution in [0.3, 0.4) is 0 Å². The fourth-order valence-corrected chi connectivity index (χ4v) is 3.50. The van der Waals surface area contributed by atoms with E-state index in [4.69, 9.17) is 4.74 Å². The van der Waals surface area contributed by atoms with Crippen LogP contribution in [0, 0.1) is 5.82 Å². The van der Waals surface area contributed by atoms with Crippen LogP contribution >= 0.6 is 0 Å². The van der Waals surface area contributed by atoms with Gasteiger partial charge in [0.2, 0.25) is 0 Å². The molecule has 0 bridgehead atoms. The number of guanidine groups is 1. The van der Waals surface area contributed by atoms with Crippen LogP contribution in [-0.4, -0.2) is 50.8 Å². The third-order valence-corrected chi connectivity index (χ3v) is 5.04. The number of rotatable bonds is 6. The molecule has 150 valence electrons. The molecule has 3 rings (SSSR count). The minimum Gasteiger partial charge on any atom is -0.496 e. The second-order valence-corrected chi connectivity index (χ2v) is 6.98. The van der Waals surface area contributed by atoms with Crippen molar-refractivity contribution in [2.45, 2.75) is 25.3 Å². The van der Waals surface area contributed by atoms with E-state index in [1.165, 1.54) is 6.07 Å². The zero-order valence-corrected chi connectivity index (χ0v) is 16.7. The highest BCUT2D eigenvalue weighted by Gasteiger charge is 2.26. The first-order chi connectivity index (χ1) is 13.6. The van der Waals surface area contributed by atoms with Gasteiger partial charge in [0, 0.05) is 44.8 Å². The van der Waals surface area contributed by atoms with Gasteiger partial charge in [-0.3, -0.25) is 4.99 Å². The molecule has 0 saturated carbocycles. The van der Waals surface area contributed by atoms with Crippen molar-refractivity contribution in [3.63, 3.8) is 0 Å². The molecule has 0 spiro atoms. The number of aromatic nitrogens is 1. The summed E-state index contributed by atoms with van der Waals surface area (Å²) in [6.45, 7) is 4.33. The van der Waals surface area contributed by atoms with Crippen LogP contribution < -0.4 is 20.3 Å². The van der Waals surface area contributed by atoms with Crippen LogP contribution in [0.4, 0.5) is 10.2 Å². The summed E-state index contributed by atoms with van der Waals surface area (Å²) >= 11 is 0. The Kier molecular flexibility index (Phi) is 6.68. The second kappa shape index (κ2) is 9.39. The quantitative estimate of drug-likeness (QED) is 0.591. The molecule has 1 aliphatic rings. The molecule has 6 nitrogen and oxygen atoms in total. The average molecular weight is 385 g/mol. The van der Waals surface area contributed by atoms with Crippen molar-refractivity contribution in [3.05, 3.63) is 54.0 Å². The van der Waals surface area contributed by atoms with Crippen molar-refractivity contribution in [1.82, 2.24) is 15.6 Å². The Bertz CT molecular complexity index is 813. The van der Waals surface area contributed by atoms with Gasteiger partial charge in [0.25, 0.3) is 0 Å². The third kappa shape index (κ3) is 4.71. The summed E-state index contributed by atoms with van der Waals surface area (Å²) in [6, 6.07) is 11.3. The lowest BCUT2D eigenvalue weighted by atomic mass is 10.0. The van der Waals surface area contributed by atoms with Crippen LogP contribution in [0.2, 0.25) is 0 Å². The van der Waals surface area contributed by atoms with Crippen molar-refractivity contribution >= 4 is 11.8 Å². The van der Waals surface area contributed by atoms with E-state index in [1.54, 1.807) is 26.4 Å². The number of ether oxygens (including phenoxy) is 1. The van der Waals surface area contributed by atoms with Gasteiger partial charge in [-0.25, -0.2) is 9.37 Å². The van der Waals surface area contributed by atoms with E-state index in [2.05, 4.69) is 33.6 Å². The molecule has 1 aromatic carbocycles. The number of anilines is 1. The number of aliphatic imine (C=N–C) groups is 1. The van der Waals surface area contributed by atoms with E-state index in [0.29, 0.717) is 12.4 Å². The summed E-state index contributed by atoms with van der Waals surface area (Å²) in [7, 11) is 3.45. The van der Waals surface area contributed by atoms with Crippen molar-refractivity contribution < 1.29 is 9.13 Å². The highest BCUT2D eigenvalue weighted by Crippen LogP contribution is 2.25. The zero-order valence-electron chi connectivity index (χ0n) is 16.7. The minimum atomic E-state index is -0.281. The zero-order chi connectivity index (χ0) is 19.9. The Labute approximate surface area is 165 Å². The molecule has 1 saturated heterocycles. The standard InChI is InChI=1S/C21H28FN5O/c1-15(17-7-4-5-9-19(17)28-3)13-25-21(23-2)26-16-10-12-27(14-16)20-18(22)8-6-11-24-20/h4-9,11,15-16H,10,12-14H2,1-3H3,(H2,23,25,26). The largest absolute Gasteiger partial charge is 0.496 e. The monoisotopic (exact) mass is 385 g/mol. The molecular formula is C21H28FN5O. The predicted molar refractivity (Wildman–Crippen MR) is 111 cm³/mol. The summed E-state index contributed by atoms with van der Waals surface area (Å²) in [5.41, 5.74) is 1.16. The molecule has 2 aromatic rings. The molecule has 2 atom stereocenters. The van der Waals surface area contributed by atoms with Gasteiger partial charge in [-0.05, 0) is 30.2 Å². The lowest BCUT2D eigenvalue weighted by molar-refractivity contribution is 0.406. The van der Waals surface area contributed by atoms with Crippen LogP contribution in [0.5, 0.6) is 5.75 Å². The molecule has 1 aliphatic heterocycles. The number of methoxy groups -OCH3 is 1. The molecule has 1 aromatic heterocycles. The summed E-state index contributed by atoms with van der Waals surface area (Å²) in [5.74, 6) is 2.03. The van der Waals surface area contributed by atoms with Crippen molar-refractivity contribution in [1.29, 1.82) is 0 Å². The number of hydrogen-bond acceptors (Lipinski definition) is 4. The van der Waals surface area contributed by atoms with Crippen LogP contribution in [0.1, 0.15) is 24.8 Å². The van der Waals surface area contributed by atoms with Gasteiger partial charge >= 0.3 is 0 Å². The molecule has 0 amide bonds. The Morgan fingerprint density at radius 3 is 2.93 bits per heavy atom. The number of pyridine rings is 1. The first-order valence-corrected chi connectivity index (χ1v) is 9.58. The normalized spacial score (nSPS) is 18.1. The molecule has 1 fully saturated rings. The third-order valence-electron chi connectivity index (χ3n) is 5.04. The average Bonchev–Trinajstić information content (AvgIpc) is 3.19.